The molecule has 0 aliphatic rings. The van der Waals surface area contributed by atoms with Crippen LogP contribution in [0.4, 0.5) is 5.69 Å². The molecule has 1 heterocycles. The van der Waals surface area contributed by atoms with Gasteiger partial charge in [-0.15, -0.1) is 0 Å². The predicted octanol–water partition coefficient (Wildman–Crippen LogP) is 2.67. The molecule has 0 atom stereocenters. The van der Waals surface area contributed by atoms with Crippen LogP contribution < -0.4 is 5.73 Å². The molecule has 0 fully saturated rings. The number of nitrogens with two attached hydrogens (primary N) is 1. The molecule has 78 valence electrons. The van der Waals surface area contributed by atoms with Gasteiger partial charge in [-0.25, -0.2) is 9.97 Å². The SMILES string of the molecule is Cc1cc(N)cc2nc3ccccc3nc12. The predicted molar refractivity (Wildman–Crippen MR) is 66.2 cm³/mol. The van der Waals surface area contributed by atoms with Crippen molar-refractivity contribution in [2.75, 3.05) is 5.73 Å². The van der Waals surface area contributed by atoms with Crippen LogP contribution in [0.5, 0.6) is 0 Å². The fourth-order valence-corrected chi connectivity index (χ4v) is 1.92. The monoisotopic (exact) mass is 209 g/mol. The van der Waals surface area contributed by atoms with Crippen LogP contribution in [0.15, 0.2) is 36.4 Å². The van der Waals surface area contributed by atoms with E-state index >= 15 is 0 Å². The summed E-state index contributed by atoms with van der Waals surface area (Å²) in [4.78, 5) is 9.16. The zero-order chi connectivity index (χ0) is 11.1. The number of para-hydroxylation sites is 2. The molecule has 1 aromatic heterocycles. The van der Waals surface area contributed by atoms with Crippen LogP contribution in [0.1, 0.15) is 5.56 Å². The molecule has 2 aromatic carbocycles. The lowest BCUT2D eigenvalue weighted by Crippen LogP contribution is -1.93. The van der Waals surface area contributed by atoms with E-state index in [0.29, 0.717) is 0 Å². The number of hydrogen-bond acceptors (Lipinski definition) is 3. The maximum atomic E-state index is 5.80. The minimum Gasteiger partial charge on any atom is -0.399 e. The highest BCUT2D eigenvalue weighted by Crippen LogP contribution is 2.21. The molecule has 3 aromatic rings. The summed E-state index contributed by atoms with van der Waals surface area (Å²) in [5, 5.41) is 0. The Labute approximate surface area is 92.9 Å². The van der Waals surface area contributed by atoms with Crippen LogP contribution >= 0.6 is 0 Å². The molecule has 3 heteroatoms. The Bertz CT molecular complexity index is 689. The summed E-state index contributed by atoms with van der Waals surface area (Å²) >= 11 is 0. The number of aryl methyl sites for hydroxylation is 1. The molecule has 0 saturated heterocycles. The summed E-state index contributed by atoms with van der Waals surface area (Å²) in [6.07, 6.45) is 0. The second-order valence-electron chi connectivity index (χ2n) is 3.92. The Balaban J connectivity index is 2.51. The molecule has 0 bridgehead atoms. The van der Waals surface area contributed by atoms with Gasteiger partial charge >= 0.3 is 0 Å². The number of nitrogens with zero attached hydrogens (tertiary/aromatic N) is 2. The molecular weight excluding hydrogens is 198 g/mol. The molecule has 3 rings (SSSR count). The summed E-state index contributed by atoms with van der Waals surface area (Å²) in [5.41, 5.74) is 11.2. The van der Waals surface area contributed by atoms with Gasteiger partial charge < -0.3 is 5.73 Å². The van der Waals surface area contributed by atoms with E-state index in [1.165, 1.54) is 0 Å². The minimum atomic E-state index is 0.731. The van der Waals surface area contributed by atoms with Crippen molar-refractivity contribution in [2.45, 2.75) is 6.92 Å². The van der Waals surface area contributed by atoms with Gasteiger partial charge in [0.05, 0.1) is 22.1 Å². The van der Waals surface area contributed by atoms with Crippen LogP contribution in [0.2, 0.25) is 0 Å². The standard InChI is InChI=1S/C13H11N3/c1-8-6-9(14)7-12-13(8)16-11-5-3-2-4-10(11)15-12/h2-7H,14H2,1H3. The normalized spacial score (nSPS) is 11.1. The van der Waals surface area contributed by atoms with E-state index in [1.54, 1.807) is 0 Å². The van der Waals surface area contributed by atoms with Crippen LogP contribution in [-0.2, 0) is 0 Å². The summed E-state index contributed by atoms with van der Waals surface area (Å²) < 4.78 is 0. The average Bonchev–Trinajstić information content (AvgIpc) is 2.27. The van der Waals surface area contributed by atoms with Gasteiger partial charge in [0.2, 0.25) is 0 Å². The number of benzene rings is 2. The Morgan fingerprint density at radius 3 is 2.38 bits per heavy atom. The Morgan fingerprint density at radius 2 is 1.62 bits per heavy atom. The van der Waals surface area contributed by atoms with Crippen LogP contribution in [-0.4, -0.2) is 9.97 Å². The van der Waals surface area contributed by atoms with Gasteiger partial charge in [0.1, 0.15) is 0 Å². The first-order chi connectivity index (χ1) is 7.74. The molecule has 0 saturated carbocycles. The van der Waals surface area contributed by atoms with E-state index in [9.17, 15) is 0 Å². The summed E-state index contributed by atoms with van der Waals surface area (Å²) in [6.45, 7) is 2.00. The lowest BCUT2D eigenvalue weighted by atomic mass is 10.1. The van der Waals surface area contributed by atoms with E-state index in [4.69, 9.17) is 5.73 Å². The Hall–Kier alpha value is -2.16. The van der Waals surface area contributed by atoms with Gasteiger partial charge in [-0.3, -0.25) is 0 Å². The largest absolute Gasteiger partial charge is 0.399 e. The molecule has 2 N–H and O–H groups in total. The molecule has 3 nitrogen and oxygen atoms in total. The zero-order valence-electron chi connectivity index (χ0n) is 8.94. The number of nitrogen functional groups attached to an aromatic ring is 1. The van der Waals surface area contributed by atoms with Gasteiger partial charge in [0.25, 0.3) is 0 Å². The van der Waals surface area contributed by atoms with Crippen molar-refractivity contribution in [2.24, 2.45) is 0 Å². The summed E-state index contributed by atoms with van der Waals surface area (Å²) in [6, 6.07) is 11.6. The number of anilines is 1. The van der Waals surface area contributed by atoms with Crippen molar-refractivity contribution in [3.05, 3.63) is 42.0 Å². The quantitative estimate of drug-likeness (QED) is 0.457. The third-order valence-electron chi connectivity index (χ3n) is 2.66. The Morgan fingerprint density at radius 1 is 0.938 bits per heavy atom. The van der Waals surface area contributed by atoms with Crippen molar-refractivity contribution in [1.82, 2.24) is 9.97 Å². The van der Waals surface area contributed by atoms with E-state index in [1.807, 2.05) is 43.3 Å². The summed E-state index contributed by atoms with van der Waals surface area (Å²) in [5.74, 6) is 0. The number of aromatic nitrogens is 2. The van der Waals surface area contributed by atoms with Gasteiger partial charge in [-0.1, -0.05) is 12.1 Å². The van der Waals surface area contributed by atoms with Gasteiger partial charge in [-0.2, -0.15) is 0 Å². The van der Waals surface area contributed by atoms with E-state index in [2.05, 4.69) is 9.97 Å². The second-order valence-corrected chi connectivity index (χ2v) is 3.92. The van der Waals surface area contributed by atoms with Crippen molar-refractivity contribution in [3.8, 4) is 0 Å². The fraction of sp³-hybridized carbons (Fsp3) is 0.0769. The lowest BCUT2D eigenvalue weighted by Gasteiger charge is -2.04. The maximum absolute atomic E-state index is 5.80. The third-order valence-corrected chi connectivity index (χ3v) is 2.66. The number of rotatable bonds is 0. The molecule has 0 amide bonds. The zero-order valence-corrected chi connectivity index (χ0v) is 8.94. The lowest BCUT2D eigenvalue weighted by molar-refractivity contribution is 1.36. The van der Waals surface area contributed by atoms with E-state index < -0.39 is 0 Å². The molecule has 0 aliphatic carbocycles. The molecular formula is C13H11N3. The van der Waals surface area contributed by atoms with E-state index in [0.717, 1.165) is 33.3 Å². The van der Waals surface area contributed by atoms with E-state index in [-0.39, 0.29) is 0 Å². The molecule has 0 spiro atoms. The van der Waals surface area contributed by atoms with Crippen LogP contribution in [0.25, 0.3) is 22.1 Å². The molecule has 0 radical (unpaired) electrons. The van der Waals surface area contributed by atoms with Gasteiger partial charge in [-0.05, 0) is 36.8 Å². The maximum Gasteiger partial charge on any atom is 0.0925 e. The van der Waals surface area contributed by atoms with Crippen molar-refractivity contribution in [1.29, 1.82) is 0 Å². The van der Waals surface area contributed by atoms with Crippen LogP contribution in [0, 0.1) is 6.92 Å². The third kappa shape index (κ3) is 1.29. The number of fused-ring (bicyclic) bond motifs is 2. The molecule has 0 aliphatic heterocycles. The smallest absolute Gasteiger partial charge is 0.0925 e. The average molecular weight is 209 g/mol. The highest BCUT2D eigenvalue weighted by Gasteiger charge is 2.04. The first kappa shape index (κ1) is 9.09. The highest BCUT2D eigenvalue weighted by molar-refractivity contribution is 5.89. The van der Waals surface area contributed by atoms with Gasteiger partial charge in [0.15, 0.2) is 0 Å². The fourth-order valence-electron chi connectivity index (χ4n) is 1.92. The van der Waals surface area contributed by atoms with Crippen molar-refractivity contribution < 1.29 is 0 Å². The topological polar surface area (TPSA) is 51.8 Å². The minimum absolute atomic E-state index is 0.731. The van der Waals surface area contributed by atoms with Crippen LogP contribution in [0.3, 0.4) is 0 Å². The Kier molecular flexibility index (Phi) is 1.80. The van der Waals surface area contributed by atoms with Gasteiger partial charge in [0, 0.05) is 5.69 Å². The number of hydrogen-bond donors (Lipinski definition) is 1. The summed E-state index contributed by atoms with van der Waals surface area (Å²) in [7, 11) is 0. The molecule has 0 unspecified atom stereocenters. The van der Waals surface area contributed by atoms with Crippen molar-refractivity contribution in [3.63, 3.8) is 0 Å². The highest BCUT2D eigenvalue weighted by atomic mass is 14.8. The molecule has 16 heavy (non-hydrogen) atoms. The first-order valence-corrected chi connectivity index (χ1v) is 5.17. The van der Waals surface area contributed by atoms with Crippen molar-refractivity contribution >= 4 is 27.8 Å². The first-order valence-electron chi connectivity index (χ1n) is 5.17. The second kappa shape index (κ2) is 3.17.